The van der Waals surface area contributed by atoms with Crippen molar-refractivity contribution in [3.8, 4) is 17.2 Å². The van der Waals surface area contributed by atoms with Crippen molar-refractivity contribution in [2.75, 3.05) is 14.2 Å². The number of hydrogen-bond acceptors (Lipinski definition) is 5. The average molecular weight is 368 g/mol. The maximum atomic E-state index is 12.7. The maximum absolute atomic E-state index is 12.7. The molecule has 0 fully saturated rings. The van der Waals surface area contributed by atoms with Gasteiger partial charge in [0.1, 0.15) is 11.5 Å². The molecule has 1 atom stereocenters. The number of rotatable bonds is 7. The monoisotopic (exact) mass is 368 g/mol. The zero-order chi connectivity index (χ0) is 18.5. The van der Waals surface area contributed by atoms with E-state index in [0.29, 0.717) is 5.56 Å². The fraction of sp³-hybridized carbons (Fsp3) is 0.200. The molecule has 0 aliphatic carbocycles. The van der Waals surface area contributed by atoms with Crippen LogP contribution >= 0.6 is 11.8 Å². The first kappa shape index (κ1) is 18.1. The van der Waals surface area contributed by atoms with Crippen molar-refractivity contribution in [2.24, 2.45) is 0 Å². The number of nitrogens with zero attached hydrogens (tertiary/aromatic N) is 2. The summed E-state index contributed by atoms with van der Waals surface area (Å²) in [5, 5.41) is 0.507. The molecule has 134 valence electrons. The predicted molar refractivity (Wildman–Crippen MR) is 103 cm³/mol. The lowest BCUT2D eigenvalue weighted by Gasteiger charge is -2.12. The molecule has 0 radical (unpaired) electrons. The Morgan fingerprint density at radius 3 is 2.15 bits per heavy atom. The number of imidazole rings is 1. The predicted octanol–water partition coefficient (Wildman–Crippen LogP) is 4.25. The van der Waals surface area contributed by atoms with Gasteiger partial charge in [-0.2, -0.15) is 0 Å². The van der Waals surface area contributed by atoms with Gasteiger partial charge < -0.3 is 9.47 Å². The summed E-state index contributed by atoms with van der Waals surface area (Å²) >= 11 is 1.43. The molecule has 0 spiro atoms. The van der Waals surface area contributed by atoms with Crippen LogP contribution in [0.25, 0.3) is 5.69 Å². The minimum atomic E-state index is -0.261. The first-order valence-corrected chi connectivity index (χ1v) is 9.03. The van der Waals surface area contributed by atoms with E-state index < -0.39 is 0 Å². The standard InChI is InChI=1S/C20H20N2O3S/c1-14(19(23)15-4-8-17(24-2)9-5-15)26-20-21-12-13-22(20)16-6-10-18(25-3)11-7-16/h4-14H,1-3H3. The van der Waals surface area contributed by atoms with Crippen LogP contribution in [0.15, 0.2) is 66.1 Å². The third-order valence-corrected chi connectivity index (χ3v) is 5.06. The van der Waals surface area contributed by atoms with Gasteiger partial charge in [-0.1, -0.05) is 11.8 Å². The highest BCUT2D eigenvalue weighted by atomic mass is 32.2. The van der Waals surface area contributed by atoms with Crippen LogP contribution in [-0.4, -0.2) is 34.8 Å². The maximum Gasteiger partial charge on any atom is 0.175 e. The van der Waals surface area contributed by atoms with E-state index in [1.807, 2.05) is 42.0 Å². The second-order valence-electron chi connectivity index (χ2n) is 5.63. The molecule has 1 aromatic heterocycles. The van der Waals surface area contributed by atoms with E-state index in [1.54, 1.807) is 44.7 Å². The van der Waals surface area contributed by atoms with E-state index in [1.165, 1.54) is 11.8 Å². The Balaban J connectivity index is 1.76. The third kappa shape index (κ3) is 3.91. The van der Waals surface area contributed by atoms with Gasteiger partial charge in [-0.05, 0) is 55.5 Å². The summed E-state index contributed by atoms with van der Waals surface area (Å²) < 4.78 is 12.3. The highest BCUT2D eigenvalue weighted by Gasteiger charge is 2.19. The van der Waals surface area contributed by atoms with Gasteiger partial charge in [-0.3, -0.25) is 9.36 Å². The number of methoxy groups -OCH3 is 2. The van der Waals surface area contributed by atoms with Crippen LogP contribution in [0.1, 0.15) is 17.3 Å². The summed E-state index contributed by atoms with van der Waals surface area (Å²) in [6.45, 7) is 1.89. The molecular weight excluding hydrogens is 348 g/mol. The van der Waals surface area contributed by atoms with E-state index in [4.69, 9.17) is 9.47 Å². The fourth-order valence-corrected chi connectivity index (χ4v) is 3.48. The van der Waals surface area contributed by atoms with Crippen LogP contribution < -0.4 is 9.47 Å². The van der Waals surface area contributed by atoms with E-state index >= 15 is 0 Å². The second-order valence-corrected chi connectivity index (χ2v) is 6.94. The Morgan fingerprint density at radius 2 is 1.58 bits per heavy atom. The highest BCUT2D eigenvalue weighted by Crippen LogP contribution is 2.27. The average Bonchev–Trinajstić information content (AvgIpc) is 3.15. The van der Waals surface area contributed by atoms with Crippen LogP contribution in [-0.2, 0) is 0 Å². The molecule has 1 heterocycles. The molecule has 2 aromatic carbocycles. The van der Waals surface area contributed by atoms with Crippen LogP contribution in [0.4, 0.5) is 0 Å². The number of Topliss-reactive ketones (excluding diaryl/α,β-unsaturated/α-hetero) is 1. The van der Waals surface area contributed by atoms with Crippen LogP contribution in [0.5, 0.6) is 11.5 Å². The molecule has 0 aliphatic rings. The van der Waals surface area contributed by atoms with Gasteiger partial charge in [0.25, 0.3) is 0 Å². The van der Waals surface area contributed by atoms with E-state index in [2.05, 4.69) is 4.98 Å². The van der Waals surface area contributed by atoms with Gasteiger partial charge in [0, 0.05) is 23.6 Å². The smallest absolute Gasteiger partial charge is 0.175 e. The van der Waals surface area contributed by atoms with Crippen molar-refractivity contribution < 1.29 is 14.3 Å². The van der Waals surface area contributed by atoms with E-state index in [-0.39, 0.29) is 11.0 Å². The molecule has 0 N–H and O–H groups in total. The normalized spacial score (nSPS) is 11.8. The molecule has 1 unspecified atom stereocenters. The first-order valence-electron chi connectivity index (χ1n) is 8.15. The minimum Gasteiger partial charge on any atom is -0.497 e. The summed E-state index contributed by atoms with van der Waals surface area (Å²) in [6.07, 6.45) is 3.62. The third-order valence-electron chi connectivity index (χ3n) is 3.98. The SMILES string of the molecule is COc1ccc(C(=O)C(C)Sc2nccn2-c2ccc(OC)cc2)cc1. The highest BCUT2D eigenvalue weighted by molar-refractivity contribution is 8.00. The zero-order valence-corrected chi connectivity index (χ0v) is 15.7. The van der Waals surface area contributed by atoms with Gasteiger partial charge in [0.2, 0.25) is 0 Å². The minimum absolute atomic E-state index is 0.0573. The van der Waals surface area contributed by atoms with Crippen LogP contribution in [0.2, 0.25) is 0 Å². The summed E-state index contributed by atoms with van der Waals surface area (Å²) in [4.78, 5) is 17.1. The number of carbonyl (C=O) groups excluding carboxylic acids is 1. The zero-order valence-electron chi connectivity index (χ0n) is 14.9. The van der Waals surface area contributed by atoms with Crippen molar-refractivity contribution in [1.82, 2.24) is 9.55 Å². The Labute approximate surface area is 157 Å². The van der Waals surface area contributed by atoms with Gasteiger partial charge in [-0.15, -0.1) is 0 Å². The number of aromatic nitrogens is 2. The number of benzene rings is 2. The van der Waals surface area contributed by atoms with Gasteiger partial charge >= 0.3 is 0 Å². The summed E-state index contributed by atoms with van der Waals surface area (Å²) in [5.74, 6) is 1.59. The number of ether oxygens (including phenoxy) is 2. The molecule has 3 aromatic rings. The van der Waals surface area contributed by atoms with Crippen LogP contribution in [0.3, 0.4) is 0 Å². The molecule has 0 amide bonds. The largest absolute Gasteiger partial charge is 0.497 e. The van der Waals surface area contributed by atoms with Crippen molar-refractivity contribution in [1.29, 1.82) is 0 Å². The quantitative estimate of drug-likeness (QED) is 0.461. The molecule has 3 rings (SSSR count). The molecule has 0 bridgehead atoms. The number of carbonyl (C=O) groups is 1. The van der Waals surface area contributed by atoms with E-state index in [0.717, 1.165) is 22.3 Å². The number of thioether (sulfide) groups is 1. The summed E-state index contributed by atoms with van der Waals surface area (Å²) in [7, 11) is 3.24. The summed E-state index contributed by atoms with van der Waals surface area (Å²) in [5.41, 5.74) is 1.63. The molecule has 0 saturated carbocycles. The molecular formula is C20H20N2O3S. The Hall–Kier alpha value is -2.73. The molecule has 5 nitrogen and oxygen atoms in total. The second kappa shape index (κ2) is 8.10. The Kier molecular flexibility index (Phi) is 5.63. The van der Waals surface area contributed by atoms with Crippen molar-refractivity contribution in [3.05, 3.63) is 66.5 Å². The molecule has 26 heavy (non-hydrogen) atoms. The van der Waals surface area contributed by atoms with Crippen molar-refractivity contribution in [2.45, 2.75) is 17.3 Å². The Morgan fingerprint density at radius 1 is 1.00 bits per heavy atom. The topological polar surface area (TPSA) is 53.3 Å². The van der Waals surface area contributed by atoms with Crippen molar-refractivity contribution in [3.63, 3.8) is 0 Å². The lowest BCUT2D eigenvalue weighted by Crippen LogP contribution is -2.14. The van der Waals surface area contributed by atoms with E-state index in [9.17, 15) is 4.79 Å². The molecule has 0 saturated heterocycles. The fourth-order valence-electron chi connectivity index (χ4n) is 2.52. The van der Waals surface area contributed by atoms with Gasteiger partial charge in [0.15, 0.2) is 10.9 Å². The lowest BCUT2D eigenvalue weighted by molar-refractivity contribution is 0.0994. The number of hydrogen-bond donors (Lipinski definition) is 0. The Bertz CT molecular complexity index is 873. The number of ketones is 1. The first-order chi connectivity index (χ1) is 12.6. The van der Waals surface area contributed by atoms with Gasteiger partial charge in [-0.25, -0.2) is 4.98 Å². The van der Waals surface area contributed by atoms with Crippen molar-refractivity contribution >= 4 is 17.5 Å². The molecule has 6 heteroatoms. The molecule has 0 aliphatic heterocycles. The van der Waals surface area contributed by atoms with Gasteiger partial charge in [0.05, 0.1) is 19.5 Å². The summed E-state index contributed by atoms with van der Waals surface area (Å²) in [6, 6.07) is 14.9. The van der Waals surface area contributed by atoms with Crippen LogP contribution in [0, 0.1) is 0 Å². The lowest BCUT2D eigenvalue weighted by atomic mass is 10.1.